The molecule has 2 unspecified atom stereocenters. The molecule has 0 N–H and O–H groups in total. The van der Waals surface area contributed by atoms with Crippen LogP contribution in [0.25, 0.3) is 0 Å². The number of halogens is 3. The van der Waals surface area contributed by atoms with Gasteiger partial charge in [-0.05, 0) is 40.5 Å². The Morgan fingerprint density at radius 3 is 2.62 bits per heavy atom. The van der Waals surface area contributed by atoms with Crippen LogP contribution in [0.5, 0.6) is 0 Å². The first-order valence-corrected chi connectivity index (χ1v) is 7.35. The summed E-state index contributed by atoms with van der Waals surface area (Å²) >= 11 is 9.04. The van der Waals surface area contributed by atoms with E-state index in [1.54, 1.807) is 31.2 Å². The minimum absolute atomic E-state index is 0.0143. The van der Waals surface area contributed by atoms with Gasteiger partial charge in [0.25, 0.3) is 0 Å². The highest BCUT2D eigenvalue weighted by molar-refractivity contribution is 9.09. The number of ether oxygens (including phenoxy) is 1. The zero-order chi connectivity index (χ0) is 15.7. The highest BCUT2D eigenvalue weighted by atomic mass is 79.9. The Balaban J connectivity index is 2.49. The first-order valence-electron chi connectivity index (χ1n) is 6.18. The Labute approximate surface area is 134 Å². The van der Waals surface area contributed by atoms with Gasteiger partial charge in [-0.3, -0.25) is 10.1 Å². The standard InChI is InChI=1S/C13H13BrClFN2O3/c1-2-21-9-17-8-7-12(16,18(19)20)13(17,14)10-3-5-11(15)6-4-10/h3-8H,2,9H2,1H3. The molecule has 5 nitrogen and oxygen atoms in total. The number of nitrogens with zero attached hydrogens (tertiary/aromatic N) is 2. The average molecular weight is 380 g/mol. The molecule has 114 valence electrons. The van der Waals surface area contributed by atoms with Gasteiger partial charge >= 0.3 is 5.79 Å². The number of benzene rings is 1. The Morgan fingerprint density at radius 1 is 1.48 bits per heavy atom. The molecule has 1 heterocycles. The first kappa shape index (κ1) is 16.2. The molecule has 0 aliphatic carbocycles. The molecule has 1 aromatic rings. The summed E-state index contributed by atoms with van der Waals surface area (Å²) in [5, 5.41) is 11.7. The van der Waals surface area contributed by atoms with Crippen LogP contribution in [0.15, 0.2) is 36.5 Å². The lowest BCUT2D eigenvalue weighted by Gasteiger charge is -2.36. The number of hydrogen-bond acceptors (Lipinski definition) is 4. The van der Waals surface area contributed by atoms with Crippen molar-refractivity contribution in [3.63, 3.8) is 0 Å². The lowest BCUT2D eigenvalue weighted by molar-refractivity contribution is -0.600. The fourth-order valence-electron chi connectivity index (χ4n) is 2.15. The Hall–Kier alpha value is -1.18. The molecule has 0 aromatic heterocycles. The average Bonchev–Trinajstić information content (AvgIpc) is 2.72. The smallest absolute Gasteiger partial charge is 0.361 e. The van der Waals surface area contributed by atoms with E-state index in [-0.39, 0.29) is 6.73 Å². The third-order valence-electron chi connectivity index (χ3n) is 3.26. The summed E-state index contributed by atoms with van der Waals surface area (Å²) in [5.41, 5.74) is 0.371. The minimum Gasteiger partial charge on any atom is -0.361 e. The predicted molar refractivity (Wildman–Crippen MR) is 80.4 cm³/mol. The fourth-order valence-corrected chi connectivity index (χ4v) is 3.03. The van der Waals surface area contributed by atoms with Gasteiger partial charge in [-0.2, -0.15) is 4.39 Å². The maximum Gasteiger partial charge on any atom is 0.416 e. The van der Waals surface area contributed by atoms with E-state index in [1.165, 1.54) is 11.1 Å². The van der Waals surface area contributed by atoms with Gasteiger partial charge in [0, 0.05) is 23.9 Å². The van der Waals surface area contributed by atoms with E-state index in [0.29, 0.717) is 17.2 Å². The monoisotopic (exact) mass is 378 g/mol. The van der Waals surface area contributed by atoms with Gasteiger partial charge in [-0.1, -0.05) is 23.7 Å². The molecule has 0 saturated heterocycles. The highest BCUT2D eigenvalue weighted by Crippen LogP contribution is 2.52. The van der Waals surface area contributed by atoms with Crippen molar-refractivity contribution in [2.45, 2.75) is 17.2 Å². The first-order chi connectivity index (χ1) is 9.86. The lowest BCUT2D eigenvalue weighted by Crippen LogP contribution is -2.53. The number of rotatable bonds is 5. The summed E-state index contributed by atoms with van der Waals surface area (Å²) < 4.78 is 18.6. The van der Waals surface area contributed by atoms with Crippen molar-refractivity contribution in [2.24, 2.45) is 0 Å². The molecule has 2 atom stereocenters. The van der Waals surface area contributed by atoms with Crippen molar-refractivity contribution in [3.8, 4) is 0 Å². The summed E-state index contributed by atoms with van der Waals surface area (Å²) in [5.74, 6) is -2.82. The van der Waals surface area contributed by atoms with Crippen molar-refractivity contribution >= 4 is 27.5 Å². The van der Waals surface area contributed by atoms with Gasteiger partial charge in [0.2, 0.25) is 4.45 Å². The van der Waals surface area contributed by atoms with Gasteiger partial charge < -0.3 is 9.64 Å². The summed E-state index contributed by atoms with van der Waals surface area (Å²) in [4.78, 5) is 11.7. The molecule has 0 saturated carbocycles. The van der Waals surface area contributed by atoms with Crippen LogP contribution in [0.2, 0.25) is 5.02 Å². The van der Waals surface area contributed by atoms with Gasteiger partial charge in [0.1, 0.15) is 6.73 Å². The number of hydrogen-bond donors (Lipinski definition) is 0. The molecule has 1 aromatic carbocycles. The number of alkyl halides is 2. The molecule has 0 radical (unpaired) electrons. The van der Waals surface area contributed by atoms with Crippen LogP contribution >= 0.6 is 27.5 Å². The van der Waals surface area contributed by atoms with E-state index in [9.17, 15) is 14.5 Å². The van der Waals surface area contributed by atoms with Crippen molar-refractivity contribution in [2.75, 3.05) is 13.3 Å². The summed E-state index contributed by atoms with van der Waals surface area (Å²) in [6, 6.07) is 6.19. The van der Waals surface area contributed by atoms with Crippen LogP contribution in [0.4, 0.5) is 4.39 Å². The van der Waals surface area contributed by atoms with Gasteiger partial charge in [-0.15, -0.1) is 0 Å². The number of nitro groups is 1. The van der Waals surface area contributed by atoms with Crippen LogP contribution in [0.1, 0.15) is 12.5 Å². The van der Waals surface area contributed by atoms with E-state index in [4.69, 9.17) is 16.3 Å². The quantitative estimate of drug-likeness (QED) is 0.339. The van der Waals surface area contributed by atoms with Gasteiger partial charge in [-0.25, -0.2) is 0 Å². The highest BCUT2D eigenvalue weighted by Gasteiger charge is 2.67. The SMILES string of the molecule is CCOCN1C=CC(F)([N+](=O)[O-])C1(Br)c1ccc(Cl)cc1. The molecule has 1 aliphatic heterocycles. The zero-order valence-electron chi connectivity index (χ0n) is 11.1. The molecule has 8 heteroatoms. The molecule has 0 amide bonds. The lowest BCUT2D eigenvalue weighted by atomic mass is 9.98. The van der Waals surface area contributed by atoms with Crippen molar-refractivity contribution < 1.29 is 14.1 Å². The second kappa shape index (κ2) is 5.90. The fraction of sp³-hybridized carbons (Fsp3) is 0.385. The molecule has 0 fully saturated rings. The summed E-state index contributed by atoms with van der Waals surface area (Å²) in [6.45, 7) is 2.21. The zero-order valence-corrected chi connectivity index (χ0v) is 13.5. The second-order valence-corrected chi connectivity index (χ2v) is 6.05. The molecular formula is C13H13BrClFN2O3. The van der Waals surface area contributed by atoms with Crippen molar-refractivity contribution in [1.82, 2.24) is 4.90 Å². The Bertz CT molecular complexity index is 571. The van der Waals surface area contributed by atoms with E-state index in [1.807, 2.05) is 0 Å². The third kappa shape index (κ3) is 2.54. The topological polar surface area (TPSA) is 55.6 Å². The second-order valence-electron chi connectivity index (χ2n) is 4.47. The largest absolute Gasteiger partial charge is 0.416 e. The molecular weight excluding hydrogens is 367 g/mol. The Kier molecular flexibility index (Phi) is 4.55. The van der Waals surface area contributed by atoms with Crippen LogP contribution in [0.3, 0.4) is 0 Å². The summed E-state index contributed by atoms with van der Waals surface area (Å²) in [6.07, 6.45) is 2.23. The van der Waals surface area contributed by atoms with Crippen LogP contribution in [-0.2, 0) is 9.19 Å². The summed E-state index contributed by atoms with van der Waals surface area (Å²) in [7, 11) is 0. The minimum atomic E-state index is -2.82. The molecule has 0 spiro atoms. The van der Waals surface area contributed by atoms with E-state index >= 15 is 0 Å². The third-order valence-corrected chi connectivity index (χ3v) is 4.98. The van der Waals surface area contributed by atoms with E-state index < -0.39 is 15.2 Å². The predicted octanol–water partition coefficient (Wildman–Crippen LogP) is 3.65. The molecule has 0 bridgehead atoms. The molecule has 1 aliphatic rings. The van der Waals surface area contributed by atoms with Gasteiger partial charge in [0.15, 0.2) is 0 Å². The van der Waals surface area contributed by atoms with E-state index in [2.05, 4.69) is 15.9 Å². The van der Waals surface area contributed by atoms with Crippen molar-refractivity contribution in [3.05, 3.63) is 57.2 Å². The van der Waals surface area contributed by atoms with Crippen LogP contribution < -0.4 is 0 Å². The van der Waals surface area contributed by atoms with Gasteiger partial charge in [0.05, 0.1) is 4.92 Å². The molecule has 21 heavy (non-hydrogen) atoms. The van der Waals surface area contributed by atoms with Crippen LogP contribution in [0, 0.1) is 10.1 Å². The maximum atomic E-state index is 15.0. The Morgan fingerprint density at radius 2 is 2.10 bits per heavy atom. The van der Waals surface area contributed by atoms with E-state index in [0.717, 1.165) is 6.08 Å². The maximum absolute atomic E-state index is 15.0. The van der Waals surface area contributed by atoms with Crippen molar-refractivity contribution in [1.29, 1.82) is 0 Å². The molecule has 2 rings (SSSR count). The normalized spacial score (nSPS) is 28.1. The van der Waals surface area contributed by atoms with Crippen LogP contribution in [-0.4, -0.2) is 29.0 Å².